The van der Waals surface area contributed by atoms with Crippen LogP contribution in [-0.4, -0.2) is 28.2 Å². The molecule has 3 aromatic carbocycles. The molecule has 168 valence electrons. The van der Waals surface area contributed by atoms with E-state index in [9.17, 15) is 4.39 Å². The fourth-order valence-corrected chi connectivity index (χ4v) is 4.11. The first-order chi connectivity index (χ1) is 16.1. The summed E-state index contributed by atoms with van der Waals surface area (Å²) in [4.78, 5) is 0. The zero-order chi connectivity index (χ0) is 23.0. The van der Waals surface area contributed by atoms with Gasteiger partial charge in [0, 0.05) is 16.3 Å². The topological polar surface area (TPSA) is 61.5 Å². The van der Waals surface area contributed by atoms with Gasteiger partial charge in [0.05, 0.1) is 13.3 Å². The highest BCUT2D eigenvalue weighted by atomic mass is 35.5. The fourth-order valence-electron chi connectivity index (χ4n) is 2.96. The Balaban J connectivity index is 1.51. The third kappa shape index (κ3) is 5.91. The minimum atomic E-state index is -0.291. The van der Waals surface area contributed by atoms with Crippen LogP contribution in [0.5, 0.6) is 11.5 Å². The van der Waals surface area contributed by atoms with Crippen LogP contribution in [0.1, 0.15) is 16.7 Å². The van der Waals surface area contributed by atoms with Gasteiger partial charge in [-0.2, -0.15) is 9.78 Å². The van der Waals surface area contributed by atoms with Crippen molar-refractivity contribution >= 4 is 29.6 Å². The number of para-hydroxylation sites is 1. The minimum Gasteiger partial charge on any atom is -0.493 e. The van der Waals surface area contributed by atoms with E-state index in [-0.39, 0.29) is 12.4 Å². The van der Waals surface area contributed by atoms with Crippen molar-refractivity contribution in [2.75, 3.05) is 7.11 Å². The number of halogens is 2. The predicted octanol–water partition coefficient (Wildman–Crippen LogP) is 5.83. The van der Waals surface area contributed by atoms with Crippen molar-refractivity contribution < 1.29 is 13.9 Å². The minimum absolute atomic E-state index is 0.257. The number of thioether (sulfide) groups is 1. The number of aromatic nitrogens is 3. The third-order valence-corrected chi connectivity index (χ3v) is 6.01. The Morgan fingerprint density at radius 1 is 1.09 bits per heavy atom. The monoisotopic (exact) mass is 482 g/mol. The summed E-state index contributed by atoms with van der Waals surface area (Å²) in [7, 11) is 1.57. The van der Waals surface area contributed by atoms with Crippen molar-refractivity contribution in [1.29, 1.82) is 0 Å². The van der Waals surface area contributed by atoms with Gasteiger partial charge >= 0.3 is 0 Å². The molecular formula is C24H20ClFN4O2S. The predicted molar refractivity (Wildman–Crippen MR) is 128 cm³/mol. The van der Waals surface area contributed by atoms with Crippen molar-refractivity contribution in [1.82, 2.24) is 14.9 Å². The summed E-state index contributed by atoms with van der Waals surface area (Å²) in [6.45, 7) is 0.257. The number of benzene rings is 3. The molecule has 0 fully saturated rings. The molecule has 33 heavy (non-hydrogen) atoms. The van der Waals surface area contributed by atoms with E-state index in [0.29, 0.717) is 33.0 Å². The van der Waals surface area contributed by atoms with Crippen molar-refractivity contribution in [3.8, 4) is 11.5 Å². The molecule has 6 nitrogen and oxygen atoms in total. The highest BCUT2D eigenvalue weighted by Gasteiger charge is 2.11. The van der Waals surface area contributed by atoms with Crippen LogP contribution in [0.4, 0.5) is 4.39 Å². The van der Waals surface area contributed by atoms with Gasteiger partial charge in [-0.05, 0) is 41.5 Å². The molecule has 0 aliphatic rings. The molecule has 0 radical (unpaired) electrons. The summed E-state index contributed by atoms with van der Waals surface area (Å²) in [6, 6.07) is 19.4. The van der Waals surface area contributed by atoms with Crippen LogP contribution >= 0.6 is 23.4 Å². The molecule has 0 bridgehead atoms. The molecular weight excluding hydrogens is 463 g/mol. The molecule has 1 heterocycles. The van der Waals surface area contributed by atoms with E-state index >= 15 is 0 Å². The number of rotatable bonds is 9. The lowest BCUT2D eigenvalue weighted by molar-refractivity contribution is 0.284. The molecule has 4 rings (SSSR count). The van der Waals surface area contributed by atoms with Crippen LogP contribution in [0.3, 0.4) is 0 Å². The zero-order valence-corrected chi connectivity index (χ0v) is 19.3. The van der Waals surface area contributed by atoms with E-state index in [1.807, 2.05) is 36.4 Å². The van der Waals surface area contributed by atoms with Crippen LogP contribution in [0.25, 0.3) is 0 Å². The molecule has 0 aliphatic heterocycles. The van der Waals surface area contributed by atoms with Gasteiger partial charge in [-0.15, -0.1) is 10.2 Å². The van der Waals surface area contributed by atoms with Crippen LogP contribution < -0.4 is 9.47 Å². The first-order valence-electron chi connectivity index (χ1n) is 9.99. The molecule has 0 saturated carbocycles. The van der Waals surface area contributed by atoms with Gasteiger partial charge in [-0.1, -0.05) is 59.8 Å². The molecule has 9 heteroatoms. The maximum absolute atomic E-state index is 13.2. The van der Waals surface area contributed by atoms with Crippen LogP contribution in [0.15, 0.2) is 83.3 Å². The van der Waals surface area contributed by atoms with E-state index in [2.05, 4.69) is 15.3 Å². The van der Waals surface area contributed by atoms with Gasteiger partial charge < -0.3 is 9.47 Å². The number of nitrogens with zero attached hydrogens (tertiary/aromatic N) is 4. The number of hydrogen-bond acceptors (Lipinski definition) is 6. The summed E-state index contributed by atoms with van der Waals surface area (Å²) >= 11 is 7.72. The lowest BCUT2D eigenvalue weighted by atomic mass is 10.2. The Bertz CT molecular complexity index is 1250. The Morgan fingerprint density at radius 3 is 2.70 bits per heavy atom. The van der Waals surface area contributed by atoms with Gasteiger partial charge in [-0.25, -0.2) is 4.39 Å². The van der Waals surface area contributed by atoms with Crippen LogP contribution in [0, 0.1) is 5.82 Å². The summed E-state index contributed by atoms with van der Waals surface area (Å²) in [5.74, 6) is 1.45. The Morgan fingerprint density at radius 2 is 1.91 bits per heavy atom. The first-order valence-corrected chi connectivity index (χ1v) is 11.3. The molecule has 0 atom stereocenters. The van der Waals surface area contributed by atoms with Crippen molar-refractivity contribution in [2.24, 2.45) is 5.10 Å². The molecule has 4 aromatic rings. The summed E-state index contributed by atoms with van der Waals surface area (Å²) in [5.41, 5.74) is 2.56. The Labute approximate surface area is 200 Å². The average molecular weight is 483 g/mol. The summed E-state index contributed by atoms with van der Waals surface area (Å²) in [5, 5.41) is 13.9. The van der Waals surface area contributed by atoms with E-state index in [0.717, 1.165) is 11.1 Å². The Hall–Kier alpha value is -3.36. The van der Waals surface area contributed by atoms with Crippen molar-refractivity contribution in [3.05, 3.63) is 101 Å². The molecule has 0 unspecified atom stereocenters. The Kier molecular flexibility index (Phi) is 7.59. The third-order valence-electron chi connectivity index (χ3n) is 4.66. The largest absolute Gasteiger partial charge is 0.493 e. The average Bonchev–Trinajstić information content (AvgIpc) is 3.29. The normalized spacial score (nSPS) is 11.1. The zero-order valence-electron chi connectivity index (χ0n) is 17.7. The molecule has 0 amide bonds. The maximum atomic E-state index is 13.2. The quantitative estimate of drug-likeness (QED) is 0.222. The molecule has 0 saturated heterocycles. The highest BCUT2D eigenvalue weighted by molar-refractivity contribution is 7.98. The number of ether oxygens (including phenoxy) is 2. The van der Waals surface area contributed by atoms with E-state index < -0.39 is 0 Å². The van der Waals surface area contributed by atoms with Crippen molar-refractivity contribution in [2.45, 2.75) is 17.5 Å². The summed E-state index contributed by atoms with van der Waals surface area (Å²) < 4.78 is 26.2. The van der Waals surface area contributed by atoms with Gasteiger partial charge in [0.2, 0.25) is 5.16 Å². The maximum Gasteiger partial charge on any atom is 0.212 e. The lowest BCUT2D eigenvalue weighted by Gasteiger charge is -2.13. The standard InChI is InChI=1S/C24H20ClFN4O2S/c1-31-22-8-4-6-18(23(22)32-14-17-9-11-20(26)12-10-17)13-28-30-16-27-29-24(30)33-15-19-5-2-3-7-21(19)25/h2-13,16H,14-15H2,1H3/b28-13+. The second kappa shape index (κ2) is 11.0. The van der Waals surface area contributed by atoms with E-state index in [4.69, 9.17) is 21.1 Å². The van der Waals surface area contributed by atoms with Gasteiger partial charge in [-0.3, -0.25) is 0 Å². The molecule has 0 spiro atoms. The van der Waals surface area contributed by atoms with Crippen LogP contribution in [-0.2, 0) is 12.4 Å². The highest BCUT2D eigenvalue weighted by Crippen LogP contribution is 2.31. The van der Waals surface area contributed by atoms with Gasteiger partial charge in [0.25, 0.3) is 0 Å². The van der Waals surface area contributed by atoms with Gasteiger partial charge in [0.15, 0.2) is 11.5 Å². The second-order valence-electron chi connectivity index (χ2n) is 6.88. The molecule has 1 aromatic heterocycles. The lowest BCUT2D eigenvalue weighted by Crippen LogP contribution is -2.02. The number of methoxy groups -OCH3 is 1. The van der Waals surface area contributed by atoms with Crippen LogP contribution in [0.2, 0.25) is 5.02 Å². The summed E-state index contributed by atoms with van der Waals surface area (Å²) in [6.07, 6.45) is 3.19. The fraction of sp³-hybridized carbons (Fsp3) is 0.125. The van der Waals surface area contributed by atoms with E-state index in [1.54, 1.807) is 36.2 Å². The number of hydrogen-bond donors (Lipinski definition) is 0. The van der Waals surface area contributed by atoms with Crippen molar-refractivity contribution in [3.63, 3.8) is 0 Å². The smallest absolute Gasteiger partial charge is 0.212 e. The SMILES string of the molecule is COc1cccc(/C=N/n2cnnc2SCc2ccccc2Cl)c1OCc1ccc(F)cc1. The first kappa shape index (κ1) is 22.8. The van der Waals surface area contributed by atoms with Gasteiger partial charge in [0.1, 0.15) is 18.8 Å². The molecule has 0 aliphatic carbocycles. The molecule has 0 N–H and O–H groups in total. The second-order valence-corrected chi connectivity index (χ2v) is 8.23. The van der Waals surface area contributed by atoms with E-state index in [1.165, 1.54) is 30.2 Å².